The molecule has 0 radical (unpaired) electrons. The molecule has 0 fully saturated rings. The van der Waals surface area contributed by atoms with Crippen LogP contribution in [-0.2, 0) is 11.2 Å². The van der Waals surface area contributed by atoms with Crippen LogP contribution in [-0.4, -0.2) is 16.1 Å². The highest BCUT2D eigenvalue weighted by molar-refractivity contribution is 6.32. The van der Waals surface area contributed by atoms with Crippen molar-refractivity contribution in [3.05, 3.63) is 34.5 Å². The topological polar surface area (TPSA) is 53.1 Å². The van der Waals surface area contributed by atoms with E-state index in [9.17, 15) is 4.79 Å². The number of carboxylic acid groups (broad SMARTS) is 1. The number of carboxylic acids is 1. The molecule has 0 atom stereocenters. The van der Waals surface area contributed by atoms with Crippen molar-refractivity contribution in [2.75, 3.05) is 0 Å². The smallest absolute Gasteiger partial charge is 0.307 e. The lowest BCUT2D eigenvalue weighted by molar-refractivity contribution is -0.136. The lowest BCUT2D eigenvalue weighted by Gasteiger charge is -2.00. The van der Waals surface area contributed by atoms with E-state index in [1.54, 1.807) is 12.3 Å². The maximum Gasteiger partial charge on any atom is 0.307 e. The monoisotopic (exact) mass is 223 g/mol. The van der Waals surface area contributed by atoms with E-state index >= 15 is 0 Å². The Kier molecular flexibility index (Phi) is 2.40. The first kappa shape index (κ1) is 10.1. The van der Waals surface area contributed by atoms with Crippen LogP contribution in [0.5, 0.6) is 0 Å². The Balaban J connectivity index is 2.61. The number of aliphatic carboxylic acids is 1. The molecule has 0 saturated carbocycles. The second kappa shape index (κ2) is 3.59. The van der Waals surface area contributed by atoms with Crippen LogP contribution in [0.15, 0.2) is 18.3 Å². The highest BCUT2D eigenvalue weighted by Gasteiger charge is 2.10. The number of carbonyl (C=O) groups is 1. The molecule has 3 nitrogen and oxygen atoms in total. The number of aromatic nitrogens is 1. The highest BCUT2D eigenvalue weighted by Crippen LogP contribution is 2.27. The van der Waals surface area contributed by atoms with Crippen molar-refractivity contribution in [1.82, 2.24) is 4.98 Å². The van der Waals surface area contributed by atoms with Crippen LogP contribution in [0, 0.1) is 6.92 Å². The summed E-state index contributed by atoms with van der Waals surface area (Å²) in [5.74, 6) is -0.830. The Labute approximate surface area is 91.7 Å². The molecule has 1 aromatic carbocycles. The number of aromatic amines is 1. The van der Waals surface area contributed by atoms with E-state index in [1.807, 2.05) is 13.0 Å². The van der Waals surface area contributed by atoms with Crippen LogP contribution in [0.2, 0.25) is 5.02 Å². The molecular weight excluding hydrogens is 214 g/mol. The molecule has 0 saturated heterocycles. The SMILES string of the molecule is Cc1c(Cl)ccc2c(CC(=O)O)c[nH]c12. The summed E-state index contributed by atoms with van der Waals surface area (Å²) >= 11 is 5.97. The molecule has 2 aromatic rings. The van der Waals surface area contributed by atoms with E-state index in [-0.39, 0.29) is 6.42 Å². The van der Waals surface area contributed by atoms with Gasteiger partial charge in [0.15, 0.2) is 0 Å². The first-order valence-electron chi connectivity index (χ1n) is 4.56. The largest absolute Gasteiger partial charge is 0.481 e. The molecule has 1 aromatic heterocycles. The van der Waals surface area contributed by atoms with Gasteiger partial charge in [-0.25, -0.2) is 0 Å². The minimum absolute atomic E-state index is 0.0288. The summed E-state index contributed by atoms with van der Waals surface area (Å²) in [7, 11) is 0. The number of hydrogen-bond donors (Lipinski definition) is 2. The number of benzene rings is 1. The van der Waals surface area contributed by atoms with E-state index in [1.165, 1.54) is 0 Å². The number of nitrogens with one attached hydrogen (secondary N) is 1. The van der Waals surface area contributed by atoms with Crippen molar-refractivity contribution in [1.29, 1.82) is 0 Å². The predicted octanol–water partition coefficient (Wildman–Crippen LogP) is 2.76. The Morgan fingerprint density at radius 3 is 2.93 bits per heavy atom. The molecule has 78 valence electrons. The maximum atomic E-state index is 10.6. The fourth-order valence-corrected chi connectivity index (χ4v) is 1.84. The molecule has 0 aliphatic rings. The zero-order valence-electron chi connectivity index (χ0n) is 8.17. The summed E-state index contributed by atoms with van der Waals surface area (Å²) < 4.78 is 0. The second-order valence-electron chi connectivity index (χ2n) is 3.48. The molecule has 0 amide bonds. The van der Waals surface area contributed by atoms with Gasteiger partial charge in [0.2, 0.25) is 0 Å². The van der Waals surface area contributed by atoms with E-state index in [0.29, 0.717) is 5.02 Å². The van der Waals surface area contributed by atoms with Gasteiger partial charge in [-0.2, -0.15) is 0 Å². The second-order valence-corrected chi connectivity index (χ2v) is 3.89. The van der Waals surface area contributed by atoms with Crippen LogP contribution >= 0.6 is 11.6 Å². The van der Waals surface area contributed by atoms with Gasteiger partial charge < -0.3 is 10.1 Å². The number of halogens is 1. The maximum absolute atomic E-state index is 10.6. The number of H-pyrrole nitrogens is 1. The van der Waals surface area contributed by atoms with E-state index in [0.717, 1.165) is 22.0 Å². The normalized spacial score (nSPS) is 10.8. The van der Waals surface area contributed by atoms with E-state index in [4.69, 9.17) is 16.7 Å². The van der Waals surface area contributed by atoms with Gasteiger partial charge in [0.1, 0.15) is 0 Å². The summed E-state index contributed by atoms with van der Waals surface area (Å²) in [5.41, 5.74) is 2.65. The van der Waals surface area contributed by atoms with Gasteiger partial charge in [-0.15, -0.1) is 0 Å². The Morgan fingerprint density at radius 2 is 2.27 bits per heavy atom. The zero-order chi connectivity index (χ0) is 11.0. The minimum Gasteiger partial charge on any atom is -0.481 e. The molecule has 0 bridgehead atoms. The summed E-state index contributed by atoms with van der Waals surface area (Å²) in [5, 5.41) is 10.3. The van der Waals surface area contributed by atoms with Gasteiger partial charge in [-0.05, 0) is 24.1 Å². The molecule has 2 rings (SSSR count). The quantitative estimate of drug-likeness (QED) is 0.823. The van der Waals surface area contributed by atoms with E-state index < -0.39 is 5.97 Å². The fraction of sp³-hybridized carbons (Fsp3) is 0.182. The van der Waals surface area contributed by atoms with Crippen LogP contribution in [0.4, 0.5) is 0 Å². The molecule has 1 heterocycles. The number of rotatable bonds is 2. The Hall–Kier alpha value is -1.48. The van der Waals surface area contributed by atoms with Gasteiger partial charge in [0, 0.05) is 16.6 Å². The Bertz CT molecular complexity index is 531. The van der Waals surface area contributed by atoms with Crippen LogP contribution in [0.3, 0.4) is 0 Å². The fourth-order valence-electron chi connectivity index (χ4n) is 1.69. The number of fused-ring (bicyclic) bond motifs is 1. The number of aryl methyl sites for hydroxylation is 1. The van der Waals surface area contributed by atoms with Crippen LogP contribution < -0.4 is 0 Å². The lowest BCUT2D eigenvalue weighted by Crippen LogP contribution is -1.98. The Morgan fingerprint density at radius 1 is 1.53 bits per heavy atom. The lowest BCUT2D eigenvalue weighted by atomic mass is 10.1. The van der Waals surface area contributed by atoms with Gasteiger partial charge in [-0.1, -0.05) is 17.7 Å². The first-order chi connectivity index (χ1) is 7.09. The highest BCUT2D eigenvalue weighted by atomic mass is 35.5. The van der Waals surface area contributed by atoms with Crippen molar-refractivity contribution in [3.8, 4) is 0 Å². The van der Waals surface area contributed by atoms with Crippen LogP contribution in [0.1, 0.15) is 11.1 Å². The van der Waals surface area contributed by atoms with Gasteiger partial charge >= 0.3 is 5.97 Å². The average molecular weight is 224 g/mol. The van der Waals surface area contributed by atoms with Crippen molar-refractivity contribution < 1.29 is 9.90 Å². The molecule has 4 heteroatoms. The summed E-state index contributed by atoms with van der Waals surface area (Å²) in [4.78, 5) is 13.7. The molecule has 2 N–H and O–H groups in total. The van der Waals surface area contributed by atoms with E-state index in [2.05, 4.69) is 4.98 Å². The molecular formula is C11H10ClNO2. The molecule has 15 heavy (non-hydrogen) atoms. The molecule has 0 unspecified atom stereocenters. The average Bonchev–Trinajstić information content (AvgIpc) is 2.55. The van der Waals surface area contributed by atoms with Gasteiger partial charge in [0.05, 0.1) is 11.9 Å². The first-order valence-corrected chi connectivity index (χ1v) is 4.94. The third kappa shape index (κ3) is 1.70. The van der Waals surface area contributed by atoms with Crippen molar-refractivity contribution in [2.24, 2.45) is 0 Å². The van der Waals surface area contributed by atoms with Crippen molar-refractivity contribution in [2.45, 2.75) is 13.3 Å². The zero-order valence-corrected chi connectivity index (χ0v) is 8.93. The third-order valence-corrected chi connectivity index (χ3v) is 2.89. The summed E-state index contributed by atoms with van der Waals surface area (Å²) in [6.07, 6.45) is 1.75. The molecule has 0 aliphatic carbocycles. The predicted molar refractivity (Wildman–Crippen MR) is 59.4 cm³/mol. The summed E-state index contributed by atoms with van der Waals surface area (Å²) in [6.45, 7) is 1.91. The molecule has 0 aliphatic heterocycles. The third-order valence-electron chi connectivity index (χ3n) is 2.48. The van der Waals surface area contributed by atoms with Crippen LogP contribution in [0.25, 0.3) is 10.9 Å². The number of hydrogen-bond acceptors (Lipinski definition) is 1. The van der Waals surface area contributed by atoms with Gasteiger partial charge in [0.25, 0.3) is 0 Å². The standard InChI is InChI=1S/C11H10ClNO2/c1-6-9(12)3-2-8-7(4-10(14)15)5-13-11(6)8/h2-3,5,13H,4H2,1H3,(H,14,15). The van der Waals surface area contributed by atoms with Gasteiger partial charge in [-0.3, -0.25) is 4.79 Å². The minimum atomic E-state index is -0.830. The van der Waals surface area contributed by atoms with Crippen molar-refractivity contribution >= 4 is 28.5 Å². The summed E-state index contributed by atoms with van der Waals surface area (Å²) in [6, 6.07) is 3.64. The van der Waals surface area contributed by atoms with Crippen molar-refractivity contribution in [3.63, 3.8) is 0 Å². The molecule has 0 spiro atoms.